The maximum Gasteiger partial charge on any atom is 0.218 e. The molecule has 0 saturated carbocycles. The number of para-hydroxylation sites is 1. The van der Waals surface area contributed by atoms with E-state index < -0.39 is 0 Å². The third-order valence-electron chi connectivity index (χ3n) is 3.33. The third kappa shape index (κ3) is 3.29. The first-order valence-corrected chi connectivity index (χ1v) is 8.12. The third-order valence-corrected chi connectivity index (χ3v) is 4.26. The number of benzene rings is 1. The van der Waals surface area contributed by atoms with Crippen LogP contribution in [0.1, 0.15) is 12.2 Å². The van der Waals surface area contributed by atoms with E-state index in [1.807, 2.05) is 47.9 Å². The highest BCUT2D eigenvalue weighted by atomic mass is 32.2. The number of nitrogens with zero attached hydrogens (tertiary/aromatic N) is 3. The Kier molecular flexibility index (Phi) is 4.47. The van der Waals surface area contributed by atoms with E-state index in [2.05, 4.69) is 10.2 Å². The molecule has 0 bridgehead atoms. The van der Waals surface area contributed by atoms with Crippen molar-refractivity contribution in [2.75, 3.05) is 5.75 Å². The van der Waals surface area contributed by atoms with Crippen LogP contribution in [0.25, 0.3) is 17.1 Å². The van der Waals surface area contributed by atoms with Gasteiger partial charge in [0.2, 0.25) is 5.91 Å². The molecule has 0 aliphatic carbocycles. The van der Waals surface area contributed by atoms with Gasteiger partial charge in [0, 0.05) is 17.9 Å². The quantitative estimate of drug-likeness (QED) is 0.703. The Balaban J connectivity index is 2.02. The minimum Gasteiger partial charge on any atom is -0.469 e. The van der Waals surface area contributed by atoms with Crippen molar-refractivity contribution in [3.8, 4) is 17.1 Å². The zero-order valence-corrected chi connectivity index (χ0v) is 13.4. The van der Waals surface area contributed by atoms with Gasteiger partial charge in [-0.25, -0.2) is 0 Å². The molecule has 3 rings (SSSR count). The van der Waals surface area contributed by atoms with E-state index in [4.69, 9.17) is 10.2 Å². The van der Waals surface area contributed by atoms with Crippen molar-refractivity contribution in [1.82, 2.24) is 14.8 Å². The van der Waals surface area contributed by atoms with Crippen LogP contribution in [-0.4, -0.2) is 26.4 Å². The molecule has 0 fully saturated rings. The van der Waals surface area contributed by atoms with Crippen LogP contribution in [0.4, 0.5) is 0 Å². The van der Waals surface area contributed by atoms with E-state index in [9.17, 15) is 4.79 Å². The van der Waals surface area contributed by atoms with Gasteiger partial charge in [-0.15, -0.1) is 10.2 Å². The van der Waals surface area contributed by atoms with Gasteiger partial charge in [0.1, 0.15) is 5.76 Å². The topological polar surface area (TPSA) is 86.9 Å². The molecule has 0 atom stereocenters. The molecule has 2 N–H and O–H groups in total. The van der Waals surface area contributed by atoms with Crippen LogP contribution < -0.4 is 5.73 Å². The van der Waals surface area contributed by atoms with Crippen molar-refractivity contribution < 1.29 is 9.21 Å². The van der Waals surface area contributed by atoms with Gasteiger partial charge >= 0.3 is 0 Å². The van der Waals surface area contributed by atoms with Gasteiger partial charge in [-0.05, 0) is 25.1 Å². The van der Waals surface area contributed by atoms with Gasteiger partial charge in [0.25, 0.3) is 0 Å². The summed E-state index contributed by atoms with van der Waals surface area (Å²) < 4.78 is 7.34. The Bertz CT molecular complexity index is 811. The molecule has 0 spiro atoms. The molecule has 7 heteroatoms. The number of nitrogens with two attached hydrogens (primary N) is 1. The first kappa shape index (κ1) is 15.4. The SMILES string of the molecule is Cc1occc1-c1nnc(SCCC(N)=O)n1-c1ccccc1. The molecule has 6 nitrogen and oxygen atoms in total. The summed E-state index contributed by atoms with van der Waals surface area (Å²) in [5, 5.41) is 9.29. The number of aromatic nitrogens is 3. The maximum absolute atomic E-state index is 10.9. The number of primary amides is 1. The highest BCUT2D eigenvalue weighted by Gasteiger charge is 2.18. The molecule has 118 valence electrons. The van der Waals surface area contributed by atoms with Crippen molar-refractivity contribution in [2.24, 2.45) is 5.73 Å². The number of hydrogen-bond donors (Lipinski definition) is 1. The lowest BCUT2D eigenvalue weighted by molar-refractivity contribution is -0.117. The first-order valence-electron chi connectivity index (χ1n) is 7.13. The summed E-state index contributed by atoms with van der Waals surface area (Å²) in [5.74, 6) is 1.73. The lowest BCUT2D eigenvalue weighted by Crippen LogP contribution is -2.11. The zero-order chi connectivity index (χ0) is 16.2. The molecule has 0 aliphatic rings. The van der Waals surface area contributed by atoms with Crippen molar-refractivity contribution in [3.05, 3.63) is 48.4 Å². The Morgan fingerprint density at radius 2 is 2.04 bits per heavy atom. The van der Waals surface area contributed by atoms with Crippen LogP contribution >= 0.6 is 11.8 Å². The van der Waals surface area contributed by atoms with Crippen molar-refractivity contribution in [3.63, 3.8) is 0 Å². The second kappa shape index (κ2) is 6.70. The highest BCUT2D eigenvalue weighted by Crippen LogP contribution is 2.30. The molecule has 2 aromatic heterocycles. The molecule has 0 saturated heterocycles. The Morgan fingerprint density at radius 1 is 1.26 bits per heavy atom. The lowest BCUT2D eigenvalue weighted by atomic mass is 10.2. The maximum atomic E-state index is 10.9. The summed E-state index contributed by atoms with van der Waals surface area (Å²) in [4.78, 5) is 10.9. The van der Waals surface area contributed by atoms with Crippen LogP contribution in [-0.2, 0) is 4.79 Å². The second-order valence-electron chi connectivity index (χ2n) is 4.93. The lowest BCUT2D eigenvalue weighted by Gasteiger charge is -2.09. The molecule has 1 aromatic carbocycles. The molecule has 0 aliphatic heterocycles. The van der Waals surface area contributed by atoms with Crippen molar-refractivity contribution in [1.29, 1.82) is 0 Å². The normalized spacial score (nSPS) is 10.8. The summed E-state index contributed by atoms with van der Waals surface area (Å²) in [5.41, 5.74) is 7.05. The fourth-order valence-electron chi connectivity index (χ4n) is 2.21. The van der Waals surface area contributed by atoms with E-state index in [-0.39, 0.29) is 5.91 Å². The van der Waals surface area contributed by atoms with Gasteiger partial charge < -0.3 is 10.2 Å². The van der Waals surface area contributed by atoms with Crippen molar-refractivity contribution >= 4 is 17.7 Å². The van der Waals surface area contributed by atoms with E-state index in [0.29, 0.717) is 23.2 Å². The average Bonchev–Trinajstić information content (AvgIpc) is 3.14. The predicted octanol–water partition coefficient (Wildman–Crippen LogP) is 2.80. The van der Waals surface area contributed by atoms with Crippen molar-refractivity contribution in [2.45, 2.75) is 18.5 Å². The molecule has 0 radical (unpaired) electrons. The van der Waals surface area contributed by atoms with Crippen LogP contribution in [0.5, 0.6) is 0 Å². The van der Waals surface area contributed by atoms with Gasteiger partial charge in [0.05, 0.1) is 11.8 Å². The minimum absolute atomic E-state index is 0.298. The smallest absolute Gasteiger partial charge is 0.218 e. The number of rotatable bonds is 6. The predicted molar refractivity (Wildman–Crippen MR) is 88.3 cm³/mol. The standard InChI is InChI=1S/C16H16N4O2S/c1-11-13(7-9-22-11)15-18-19-16(23-10-8-14(17)21)20(15)12-5-3-2-4-6-12/h2-7,9H,8,10H2,1H3,(H2,17,21). The van der Waals surface area contributed by atoms with E-state index in [1.54, 1.807) is 6.26 Å². The number of furan rings is 1. The number of amides is 1. The van der Waals surface area contributed by atoms with E-state index in [1.165, 1.54) is 11.8 Å². The number of thioether (sulfide) groups is 1. The Labute approximate surface area is 137 Å². The number of hydrogen-bond acceptors (Lipinski definition) is 5. The minimum atomic E-state index is -0.325. The molecular formula is C16H16N4O2S. The van der Waals surface area contributed by atoms with E-state index >= 15 is 0 Å². The number of aryl methyl sites for hydroxylation is 1. The summed E-state index contributed by atoms with van der Waals surface area (Å²) in [6, 6.07) is 11.7. The summed E-state index contributed by atoms with van der Waals surface area (Å²) in [6.45, 7) is 1.89. The molecule has 0 unspecified atom stereocenters. The van der Waals surface area contributed by atoms with Crippen LogP contribution in [0.15, 0.2) is 52.2 Å². The van der Waals surface area contributed by atoms with E-state index in [0.717, 1.165) is 17.0 Å². The Morgan fingerprint density at radius 3 is 2.70 bits per heavy atom. The fourth-order valence-corrected chi connectivity index (χ4v) is 3.11. The molecule has 2 heterocycles. The molecule has 1 amide bonds. The van der Waals surface area contributed by atoms with Crippen LogP contribution in [0.2, 0.25) is 0 Å². The molecule has 3 aromatic rings. The van der Waals surface area contributed by atoms with Gasteiger partial charge in [-0.1, -0.05) is 30.0 Å². The van der Waals surface area contributed by atoms with Crippen LogP contribution in [0.3, 0.4) is 0 Å². The largest absolute Gasteiger partial charge is 0.469 e. The zero-order valence-electron chi connectivity index (χ0n) is 12.6. The molecule has 23 heavy (non-hydrogen) atoms. The summed E-state index contributed by atoms with van der Waals surface area (Å²) in [7, 11) is 0. The van der Waals surface area contributed by atoms with Crippen LogP contribution in [0, 0.1) is 6.92 Å². The second-order valence-corrected chi connectivity index (χ2v) is 5.99. The molecular weight excluding hydrogens is 312 g/mol. The fraction of sp³-hybridized carbons (Fsp3) is 0.188. The summed E-state index contributed by atoms with van der Waals surface area (Å²) in [6.07, 6.45) is 1.93. The number of carbonyl (C=O) groups excluding carboxylic acids is 1. The number of carbonyl (C=O) groups is 1. The summed E-state index contributed by atoms with van der Waals surface area (Å²) >= 11 is 1.45. The van der Waals surface area contributed by atoms with Gasteiger partial charge in [-0.2, -0.15) is 0 Å². The first-order chi connectivity index (χ1) is 11.2. The highest BCUT2D eigenvalue weighted by molar-refractivity contribution is 7.99. The van der Waals surface area contributed by atoms with Gasteiger partial charge in [-0.3, -0.25) is 9.36 Å². The Hall–Kier alpha value is -2.54. The van der Waals surface area contributed by atoms with Gasteiger partial charge in [0.15, 0.2) is 11.0 Å². The monoisotopic (exact) mass is 328 g/mol. The average molecular weight is 328 g/mol.